The fraction of sp³-hybridized carbons (Fsp3) is 0.682. The molecule has 27 heavy (non-hydrogen) atoms. The van der Waals surface area contributed by atoms with E-state index in [1.165, 1.54) is 0 Å². The van der Waals surface area contributed by atoms with Crippen LogP contribution in [0.1, 0.15) is 40.0 Å². The Morgan fingerprint density at radius 3 is 2.44 bits per heavy atom. The van der Waals surface area contributed by atoms with Gasteiger partial charge >= 0.3 is 0 Å². The lowest BCUT2D eigenvalue weighted by atomic mass is 9.55. The molecule has 9 atom stereocenters. The zero-order valence-electron chi connectivity index (χ0n) is 16.1. The quantitative estimate of drug-likeness (QED) is 0.389. The van der Waals surface area contributed by atoms with Gasteiger partial charge in [0, 0.05) is 17.3 Å². The van der Waals surface area contributed by atoms with Crippen molar-refractivity contribution in [1.82, 2.24) is 5.32 Å². The molecule has 9 unspecified atom stereocenters. The number of carbonyl (C=O) groups excluding carboxylic acids is 3. The summed E-state index contributed by atoms with van der Waals surface area (Å²) < 4.78 is 0. The predicted octanol–water partition coefficient (Wildman–Crippen LogP) is 2.01. The third kappa shape index (κ3) is 1.61. The molecule has 0 aromatic rings. The van der Waals surface area contributed by atoms with Crippen LogP contribution in [0.5, 0.6) is 0 Å². The average molecular weight is 369 g/mol. The largest absolute Gasteiger partial charge is 0.378 e. The smallest absolute Gasteiger partial charge is 0.260 e. The third-order valence-corrected chi connectivity index (χ3v) is 8.72. The minimum absolute atomic E-state index is 0.160. The Hall–Kier alpha value is -1.75. The number of imide groups is 1. The number of carbonyl (C=O) groups is 3. The number of rotatable bonds is 0. The summed E-state index contributed by atoms with van der Waals surface area (Å²) in [4.78, 5) is 39.9. The summed E-state index contributed by atoms with van der Waals surface area (Å²) in [6.45, 7) is 5.95. The number of Topliss-reactive ketones (excluding diaryl/α,β-unsaturated/α-hetero) is 1. The average Bonchev–Trinajstić information content (AvgIpc) is 2.96. The van der Waals surface area contributed by atoms with Crippen molar-refractivity contribution in [2.75, 3.05) is 0 Å². The molecule has 0 aromatic carbocycles. The molecule has 5 heteroatoms. The lowest BCUT2D eigenvalue weighted by molar-refractivity contribution is -0.170. The summed E-state index contributed by atoms with van der Waals surface area (Å²) in [6, 6.07) is 0. The van der Waals surface area contributed by atoms with E-state index in [0.29, 0.717) is 11.8 Å². The number of hydrogen-bond donors (Lipinski definition) is 2. The van der Waals surface area contributed by atoms with Crippen LogP contribution in [0.3, 0.4) is 0 Å². The summed E-state index contributed by atoms with van der Waals surface area (Å²) in [7, 11) is 0. The summed E-state index contributed by atoms with van der Waals surface area (Å²) >= 11 is 0. The molecular weight excluding hydrogens is 342 g/mol. The fourth-order valence-electron chi connectivity index (χ4n) is 7.34. The van der Waals surface area contributed by atoms with E-state index < -0.39 is 40.1 Å². The number of allylic oxidation sites excluding steroid dienone is 3. The number of aliphatic hydroxyl groups is 1. The van der Waals surface area contributed by atoms with Gasteiger partial charge < -0.3 is 5.11 Å². The van der Waals surface area contributed by atoms with Crippen molar-refractivity contribution in [3.8, 4) is 0 Å². The first kappa shape index (κ1) is 17.4. The Labute approximate surface area is 159 Å². The molecule has 5 rings (SSSR count). The molecule has 0 aromatic heterocycles. The van der Waals surface area contributed by atoms with Gasteiger partial charge in [0.2, 0.25) is 5.91 Å². The van der Waals surface area contributed by atoms with E-state index in [4.69, 9.17) is 0 Å². The van der Waals surface area contributed by atoms with E-state index in [9.17, 15) is 19.5 Å². The molecule has 4 aliphatic carbocycles. The van der Waals surface area contributed by atoms with Crippen LogP contribution in [0.15, 0.2) is 24.3 Å². The molecule has 1 saturated heterocycles. The molecule has 1 aliphatic heterocycles. The van der Waals surface area contributed by atoms with Crippen LogP contribution < -0.4 is 5.32 Å². The minimum Gasteiger partial charge on any atom is -0.378 e. The lowest BCUT2D eigenvalue weighted by Crippen LogP contribution is -2.62. The van der Waals surface area contributed by atoms with Gasteiger partial charge in [-0.15, -0.1) is 0 Å². The van der Waals surface area contributed by atoms with Crippen LogP contribution in [-0.2, 0) is 14.4 Å². The molecule has 0 bridgehead atoms. The van der Waals surface area contributed by atoms with Crippen LogP contribution in [-0.4, -0.2) is 28.3 Å². The number of nitrogens with one attached hydrogen (secondary N) is 1. The first-order valence-electron chi connectivity index (χ1n) is 10.2. The first-order chi connectivity index (χ1) is 12.7. The van der Waals surface area contributed by atoms with E-state index in [0.717, 1.165) is 19.3 Å². The third-order valence-electron chi connectivity index (χ3n) is 8.72. The molecule has 2 saturated carbocycles. The molecule has 1 spiro atoms. The molecule has 1 heterocycles. The van der Waals surface area contributed by atoms with Gasteiger partial charge in [0.05, 0.1) is 0 Å². The van der Waals surface area contributed by atoms with Crippen LogP contribution in [0, 0.1) is 46.3 Å². The van der Waals surface area contributed by atoms with Gasteiger partial charge in [-0.1, -0.05) is 51.5 Å². The van der Waals surface area contributed by atoms with Gasteiger partial charge in [-0.2, -0.15) is 0 Å². The Morgan fingerprint density at radius 1 is 1.00 bits per heavy atom. The highest BCUT2D eigenvalue weighted by molar-refractivity contribution is 6.25. The molecule has 0 radical (unpaired) electrons. The standard InChI is InChI=1S/C22H27NO4/c1-11-4-7-14-13(10-11)6-9-15-16-8-5-12(2)22(27)19(26)23-18(25)21(16,22)17(24)20(14,15)3/h5-6,8-9,11-16,27H,4,7,10H2,1-3H3,(H,23,25,26). The van der Waals surface area contributed by atoms with Crippen LogP contribution in [0.4, 0.5) is 0 Å². The van der Waals surface area contributed by atoms with Crippen molar-refractivity contribution < 1.29 is 19.5 Å². The van der Waals surface area contributed by atoms with E-state index >= 15 is 0 Å². The Balaban J connectivity index is 1.73. The van der Waals surface area contributed by atoms with Gasteiger partial charge in [0.15, 0.2) is 16.8 Å². The van der Waals surface area contributed by atoms with Gasteiger partial charge in [-0.05, 0) is 36.5 Å². The van der Waals surface area contributed by atoms with E-state index in [-0.39, 0.29) is 17.6 Å². The summed E-state index contributed by atoms with van der Waals surface area (Å²) in [5.74, 6) is -1.65. The van der Waals surface area contributed by atoms with Gasteiger partial charge in [0.25, 0.3) is 5.91 Å². The van der Waals surface area contributed by atoms with Crippen molar-refractivity contribution in [3.63, 3.8) is 0 Å². The van der Waals surface area contributed by atoms with Crippen LogP contribution in [0.2, 0.25) is 0 Å². The second-order valence-electron chi connectivity index (χ2n) is 9.77. The molecule has 5 nitrogen and oxygen atoms in total. The fourth-order valence-corrected chi connectivity index (χ4v) is 7.34. The van der Waals surface area contributed by atoms with Crippen molar-refractivity contribution in [2.24, 2.45) is 46.3 Å². The molecular formula is C22H27NO4. The van der Waals surface area contributed by atoms with Crippen molar-refractivity contribution in [3.05, 3.63) is 24.3 Å². The summed E-state index contributed by atoms with van der Waals surface area (Å²) in [5.41, 5.74) is -4.42. The van der Waals surface area contributed by atoms with Crippen LogP contribution in [0.25, 0.3) is 0 Å². The van der Waals surface area contributed by atoms with Gasteiger partial charge in [0.1, 0.15) is 0 Å². The maximum Gasteiger partial charge on any atom is 0.260 e. The predicted molar refractivity (Wildman–Crippen MR) is 98.1 cm³/mol. The van der Waals surface area contributed by atoms with Gasteiger partial charge in [-0.3, -0.25) is 19.7 Å². The van der Waals surface area contributed by atoms with E-state index in [1.807, 2.05) is 19.1 Å². The Kier molecular flexibility index (Phi) is 3.21. The maximum absolute atomic E-state index is 14.1. The zero-order chi connectivity index (χ0) is 19.4. The van der Waals surface area contributed by atoms with Gasteiger partial charge in [-0.25, -0.2) is 0 Å². The number of amides is 2. The second-order valence-corrected chi connectivity index (χ2v) is 9.77. The normalized spacial score (nSPS) is 55.6. The van der Waals surface area contributed by atoms with E-state index in [2.05, 4.69) is 24.4 Å². The lowest BCUT2D eigenvalue weighted by Gasteiger charge is -2.48. The summed E-state index contributed by atoms with van der Waals surface area (Å²) in [5, 5.41) is 13.8. The highest BCUT2D eigenvalue weighted by Crippen LogP contribution is 2.69. The first-order valence-corrected chi connectivity index (χ1v) is 10.2. The van der Waals surface area contributed by atoms with Crippen molar-refractivity contribution >= 4 is 17.6 Å². The number of fused-ring (bicyclic) bond motifs is 4. The van der Waals surface area contributed by atoms with Crippen molar-refractivity contribution in [2.45, 2.75) is 45.6 Å². The van der Waals surface area contributed by atoms with Crippen molar-refractivity contribution in [1.29, 1.82) is 0 Å². The molecule has 3 fully saturated rings. The number of ketones is 1. The maximum atomic E-state index is 14.1. The van der Waals surface area contributed by atoms with E-state index in [1.54, 1.807) is 6.92 Å². The second kappa shape index (κ2) is 4.99. The topological polar surface area (TPSA) is 83.5 Å². The monoisotopic (exact) mass is 369 g/mol. The minimum atomic E-state index is -1.99. The molecule has 2 N–H and O–H groups in total. The SMILES string of the molecule is CC1CCC2C(C=CC3C4C=CC(C)C5(O)C(=O)NC(=O)C45C(=O)C32C)C1. The zero-order valence-corrected chi connectivity index (χ0v) is 16.1. The highest BCUT2D eigenvalue weighted by Gasteiger charge is 2.83. The Morgan fingerprint density at radius 2 is 1.70 bits per heavy atom. The number of hydrogen-bond acceptors (Lipinski definition) is 4. The molecule has 2 amide bonds. The Bertz CT molecular complexity index is 830. The molecule has 144 valence electrons. The molecule has 5 aliphatic rings. The summed E-state index contributed by atoms with van der Waals surface area (Å²) in [6.07, 6.45) is 11.1. The van der Waals surface area contributed by atoms with Crippen LogP contribution >= 0.6 is 0 Å². The highest BCUT2D eigenvalue weighted by atomic mass is 16.3.